The van der Waals surface area contributed by atoms with Crippen molar-refractivity contribution in [3.8, 4) is 0 Å². The Labute approximate surface area is 196 Å². The van der Waals surface area contributed by atoms with E-state index in [0.29, 0.717) is 32.4 Å². The van der Waals surface area contributed by atoms with Gasteiger partial charge < -0.3 is 19.8 Å². The summed E-state index contributed by atoms with van der Waals surface area (Å²) in [5.74, 6) is -0.155. The Hall–Kier alpha value is -1.14. The molecule has 1 saturated heterocycles. The van der Waals surface area contributed by atoms with E-state index in [1.807, 2.05) is 32.6 Å². The molecule has 0 radical (unpaired) electrons. The third-order valence-corrected chi connectivity index (χ3v) is 7.22. The minimum atomic E-state index is -0.792. The Morgan fingerprint density at radius 1 is 1.03 bits per heavy atom. The number of carbonyl (C=O) groups excluding carboxylic acids is 2. The Morgan fingerprint density at radius 3 is 2.31 bits per heavy atom. The van der Waals surface area contributed by atoms with Crippen LogP contribution in [0.3, 0.4) is 0 Å². The lowest BCUT2D eigenvalue weighted by Gasteiger charge is -2.32. The minimum Gasteiger partial charge on any atom is -0.466 e. The Bertz CT molecular complexity index is 564. The molecule has 6 nitrogen and oxygen atoms in total. The highest BCUT2D eigenvalue weighted by Gasteiger charge is 2.52. The third-order valence-electron chi connectivity index (χ3n) is 7.22. The van der Waals surface area contributed by atoms with Gasteiger partial charge in [-0.3, -0.25) is 9.59 Å². The van der Waals surface area contributed by atoms with Crippen molar-refractivity contribution in [2.45, 2.75) is 136 Å². The molecule has 3 atom stereocenters. The summed E-state index contributed by atoms with van der Waals surface area (Å²) in [6.45, 7) is 10.6. The second-order valence-corrected chi connectivity index (χ2v) is 10.1. The summed E-state index contributed by atoms with van der Waals surface area (Å²) < 4.78 is 4.96. The van der Waals surface area contributed by atoms with E-state index in [1.54, 1.807) is 0 Å². The van der Waals surface area contributed by atoms with Gasteiger partial charge in [-0.1, -0.05) is 58.8 Å². The van der Waals surface area contributed by atoms with Crippen LogP contribution in [0, 0.1) is 5.41 Å². The molecular weight excluding hydrogens is 406 g/mol. The molecule has 1 aliphatic rings. The van der Waals surface area contributed by atoms with Crippen molar-refractivity contribution in [2.75, 3.05) is 13.2 Å². The lowest BCUT2D eigenvalue weighted by atomic mass is 9.85. The highest BCUT2D eigenvalue weighted by molar-refractivity contribution is 5.85. The van der Waals surface area contributed by atoms with E-state index >= 15 is 0 Å². The maximum absolute atomic E-state index is 13.1. The van der Waals surface area contributed by atoms with Gasteiger partial charge in [-0.05, 0) is 52.9 Å². The summed E-state index contributed by atoms with van der Waals surface area (Å²) in [7, 11) is 0. The number of nitrogens with zero attached hydrogens (tertiary/aromatic N) is 1. The molecule has 0 aromatic carbocycles. The number of likely N-dealkylation sites (tertiary alicyclic amines) is 1. The summed E-state index contributed by atoms with van der Waals surface area (Å²) in [6, 6.07) is -0.205. The van der Waals surface area contributed by atoms with Gasteiger partial charge in [-0.15, -0.1) is 0 Å². The number of aliphatic hydroxyl groups excluding tert-OH is 1. The summed E-state index contributed by atoms with van der Waals surface area (Å²) in [4.78, 5) is 26.3. The Morgan fingerprint density at radius 2 is 1.69 bits per heavy atom. The van der Waals surface area contributed by atoms with E-state index in [4.69, 9.17) is 4.74 Å². The molecule has 1 aliphatic heterocycles. The van der Waals surface area contributed by atoms with Crippen LogP contribution < -0.4 is 0 Å². The quantitative estimate of drug-likeness (QED) is 0.238. The predicted octanol–water partition coefficient (Wildman–Crippen LogP) is 4.99. The first-order valence-corrected chi connectivity index (χ1v) is 13.0. The molecule has 1 amide bonds. The number of amides is 1. The zero-order chi connectivity index (χ0) is 24.2. The first-order valence-electron chi connectivity index (χ1n) is 13.0. The summed E-state index contributed by atoms with van der Waals surface area (Å²) >= 11 is 0. The molecule has 1 rings (SSSR count). The van der Waals surface area contributed by atoms with E-state index < -0.39 is 17.1 Å². The van der Waals surface area contributed by atoms with E-state index in [-0.39, 0.29) is 17.9 Å². The van der Waals surface area contributed by atoms with Gasteiger partial charge in [0.25, 0.3) is 0 Å². The number of aliphatic hydroxyl groups is 2. The van der Waals surface area contributed by atoms with Crippen LogP contribution in [0.15, 0.2) is 0 Å². The van der Waals surface area contributed by atoms with Gasteiger partial charge in [0.1, 0.15) is 0 Å². The standard InChI is InChI=1S/C26H49NO5/c1-6-9-10-15-18-26(31,7-2)19-20-27-21(23(29)25(4,5)24(27)30)16-13-11-12-14-17-22(28)32-8-3/h21,23,29,31H,6-20H2,1-5H3. The van der Waals surface area contributed by atoms with Crippen LogP contribution in [0.2, 0.25) is 0 Å². The van der Waals surface area contributed by atoms with Crippen LogP contribution >= 0.6 is 0 Å². The van der Waals surface area contributed by atoms with Crippen LogP contribution in [0.5, 0.6) is 0 Å². The van der Waals surface area contributed by atoms with E-state index in [1.165, 1.54) is 12.8 Å². The molecule has 0 aliphatic carbocycles. The molecule has 0 aromatic rings. The largest absolute Gasteiger partial charge is 0.466 e. The fourth-order valence-electron chi connectivity index (χ4n) is 4.78. The Kier molecular flexibility index (Phi) is 12.8. The molecule has 3 unspecified atom stereocenters. The number of rotatable bonds is 17. The average Bonchev–Trinajstić information content (AvgIpc) is 2.92. The summed E-state index contributed by atoms with van der Waals surface area (Å²) in [6.07, 6.45) is 10.6. The molecule has 0 spiro atoms. The smallest absolute Gasteiger partial charge is 0.305 e. The first kappa shape index (κ1) is 28.9. The summed E-state index contributed by atoms with van der Waals surface area (Å²) in [5, 5.41) is 22.0. The molecule has 0 saturated carbocycles. The fraction of sp³-hybridized carbons (Fsp3) is 0.923. The van der Waals surface area contributed by atoms with Crippen LogP contribution in [-0.2, 0) is 14.3 Å². The second kappa shape index (κ2) is 14.2. The predicted molar refractivity (Wildman–Crippen MR) is 128 cm³/mol. The van der Waals surface area contributed by atoms with Crippen molar-refractivity contribution in [1.82, 2.24) is 4.90 Å². The van der Waals surface area contributed by atoms with Crippen molar-refractivity contribution in [1.29, 1.82) is 0 Å². The fourth-order valence-corrected chi connectivity index (χ4v) is 4.78. The molecule has 1 heterocycles. The van der Waals surface area contributed by atoms with Crippen molar-refractivity contribution < 1.29 is 24.5 Å². The van der Waals surface area contributed by atoms with Crippen LogP contribution in [-0.4, -0.2) is 57.9 Å². The maximum atomic E-state index is 13.1. The Balaban J connectivity index is 2.58. The maximum Gasteiger partial charge on any atom is 0.305 e. The van der Waals surface area contributed by atoms with Gasteiger partial charge in [0.05, 0.1) is 29.8 Å². The minimum absolute atomic E-state index is 0.0123. The SMILES string of the molecule is CCCCCCC(O)(CC)CCN1C(=O)C(C)(C)C(O)C1CCCCCCC(=O)OCC. The lowest BCUT2D eigenvalue weighted by molar-refractivity contribution is -0.143. The van der Waals surface area contributed by atoms with Gasteiger partial charge >= 0.3 is 5.97 Å². The molecule has 2 N–H and O–H groups in total. The number of ether oxygens (including phenoxy) is 1. The highest BCUT2D eigenvalue weighted by Crippen LogP contribution is 2.39. The van der Waals surface area contributed by atoms with Gasteiger partial charge in [0.2, 0.25) is 5.91 Å². The van der Waals surface area contributed by atoms with Crippen molar-refractivity contribution >= 4 is 11.9 Å². The van der Waals surface area contributed by atoms with Crippen molar-refractivity contribution in [3.05, 3.63) is 0 Å². The molecule has 1 fully saturated rings. The number of unbranched alkanes of at least 4 members (excludes halogenated alkanes) is 6. The normalized spacial score (nSPS) is 22.2. The monoisotopic (exact) mass is 455 g/mol. The molecule has 32 heavy (non-hydrogen) atoms. The second-order valence-electron chi connectivity index (χ2n) is 10.1. The third kappa shape index (κ3) is 8.66. The van der Waals surface area contributed by atoms with Crippen molar-refractivity contribution in [3.63, 3.8) is 0 Å². The van der Waals surface area contributed by atoms with Crippen LogP contribution in [0.4, 0.5) is 0 Å². The van der Waals surface area contributed by atoms with Gasteiger partial charge in [-0.2, -0.15) is 0 Å². The van der Waals surface area contributed by atoms with E-state index in [2.05, 4.69) is 6.92 Å². The first-order chi connectivity index (χ1) is 15.1. The van der Waals surface area contributed by atoms with E-state index in [9.17, 15) is 19.8 Å². The molecule has 0 aromatic heterocycles. The van der Waals surface area contributed by atoms with Crippen LogP contribution in [0.25, 0.3) is 0 Å². The van der Waals surface area contributed by atoms with Gasteiger partial charge in [-0.25, -0.2) is 0 Å². The number of esters is 1. The average molecular weight is 456 g/mol. The molecule has 0 bridgehead atoms. The molecule has 6 heteroatoms. The molecule has 188 valence electrons. The van der Waals surface area contributed by atoms with Crippen LogP contribution in [0.1, 0.15) is 118 Å². The number of carbonyl (C=O) groups is 2. The number of hydrogen-bond donors (Lipinski definition) is 2. The van der Waals surface area contributed by atoms with Gasteiger partial charge in [0, 0.05) is 13.0 Å². The van der Waals surface area contributed by atoms with E-state index in [0.717, 1.165) is 51.4 Å². The highest BCUT2D eigenvalue weighted by atomic mass is 16.5. The number of hydrogen-bond acceptors (Lipinski definition) is 5. The zero-order valence-electron chi connectivity index (χ0n) is 21.3. The lowest BCUT2D eigenvalue weighted by Crippen LogP contribution is -2.41. The topological polar surface area (TPSA) is 87.1 Å². The van der Waals surface area contributed by atoms with Gasteiger partial charge in [0.15, 0.2) is 0 Å². The summed E-state index contributed by atoms with van der Waals surface area (Å²) in [5.41, 5.74) is -1.54. The zero-order valence-corrected chi connectivity index (χ0v) is 21.3. The van der Waals surface area contributed by atoms with Crippen molar-refractivity contribution in [2.24, 2.45) is 5.41 Å². The molecular formula is C26H49NO5.